The zero-order valence-corrected chi connectivity index (χ0v) is 13.4. The lowest BCUT2D eigenvalue weighted by Gasteiger charge is -2.34. The third-order valence-electron chi connectivity index (χ3n) is 4.57. The first kappa shape index (κ1) is 17.2. The topological polar surface area (TPSA) is 81.4 Å². The third kappa shape index (κ3) is 4.40. The molecule has 2 unspecified atom stereocenters. The van der Waals surface area contributed by atoms with Crippen molar-refractivity contribution in [1.29, 1.82) is 5.26 Å². The summed E-state index contributed by atoms with van der Waals surface area (Å²) in [4.78, 5) is 25.7. The second kappa shape index (κ2) is 7.89. The molecule has 0 saturated carbocycles. The fourth-order valence-corrected chi connectivity index (χ4v) is 3.30. The number of piperidine rings is 1. The summed E-state index contributed by atoms with van der Waals surface area (Å²) in [5.41, 5.74) is 1.13. The molecule has 1 saturated heterocycles. The minimum atomic E-state index is -0.738. The quantitative estimate of drug-likeness (QED) is 0.816. The number of carboxylic acids is 1. The highest BCUT2D eigenvalue weighted by molar-refractivity contribution is 5.97. The highest BCUT2D eigenvalue weighted by Gasteiger charge is 2.31. The lowest BCUT2D eigenvalue weighted by atomic mass is 9.83. The molecule has 1 heterocycles. The van der Waals surface area contributed by atoms with Gasteiger partial charge < -0.3 is 5.11 Å². The van der Waals surface area contributed by atoms with Crippen molar-refractivity contribution in [3.05, 3.63) is 35.4 Å². The van der Waals surface area contributed by atoms with E-state index < -0.39 is 5.97 Å². The van der Waals surface area contributed by atoms with Gasteiger partial charge in [0, 0.05) is 12.1 Å². The Labute approximate surface area is 136 Å². The van der Waals surface area contributed by atoms with E-state index in [0.717, 1.165) is 19.4 Å². The van der Waals surface area contributed by atoms with Gasteiger partial charge in [0.15, 0.2) is 5.78 Å². The molecule has 0 spiro atoms. The summed E-state index contributed by atoms with van der Waals surface area (Å²) >= 11 is 0. The molecule has 2 atom stereocenters. The molecule has 5 nitrogen and oxygen atoms in total. The Kier molecular flexibility index (Phi) is 5.89. The van der Waals surface area contributed by atoms with Gasteiger partial charge in [0.05, 0.1) is 24.1 Å². The van der Waals surface area contributed by atoms with Crippen molar-refractivity contribution in [2.45, 2.75) is 26.2 Å². The average Bonchev–Trinajstić information content (AvgIpc) is 2.55. The number of carbonyl (C=O) groups is 2. The number of nitriles is 1. The summed E-state index contributed by atoms with van der Waals surface area (Å²) in [5, 5.41) is 18.1. The maximum absolute atomic E-state index is 12.4. The van der Waals surface area contributed by atoms with E-state index in [2.05, 4.69) is 4.90 Å². The van der Waals surface area contributed by atoms with Crippen LogP contribution >= 0.6 is 0 Å². The lowest BCUT2D eigenvalue weighted by Crippen LogP contribution is -2.42. The lowest BCUT2D eigenvalue weighted by molar-refractivity contribution is -0.144. The molecule has 0 bridgehead atoms. The van der Waals surface area contributed by atoms with Gasteiger partial charge in [0.25, 0.3) is 0 Å². The van der Waals surface area contributed by atoms with E-state index in [1.165, 1.54) is 0 Å². The number of ketones is 1. The van der Waals surface area contributed by atoms with Crippen LogP contribution in [0.1, 0.15) is 42.1 Å². The van der Waals surface area contributed by atoms with Crippen LogP contribution in [0, 0.1) is 23.2 Å². The Morgan fingerprint density at radius 2 is 2.09 bits per heavy atom. The van der Waals surface area contributed by atoms with Gasteiger partial charge in [-0.05, 0) is 43.9 Å². The molecule has 5 heteroatoms. The summed E-state index contributed by atoms with van der Waals surface area (Å²) in [6.45, 7) is 3.69. The SMILES string of the molecule is CCC(C(=O)O)C1CCCN(CC(=O)c2ccc(C#N)cc2)C1. The molecule has 0 aliphatic carbocycles. The smallest absolute Gasteiger partial charge is 0.306 e. The molecule has 1 aliphatic rings. The van der Waals surface area contributed by atoms with Gasteiger partial charge in [-0.25, -0.2) is 0 Å². The van der Waals surface area contributed by atoms with E-state index in [9.17, 15) is 14.7 Å². The van der Waals surface area contributed by atoms with Crippen LogP contribution < -0.4 is 0 Å². The van der Waals surface area contributed by atoms with Crippen molar-refractivity contribution < 1.29 is 14.7 Å². The summed E-state index contributed by atoms with van der Waals surface area (Å²) < 4.78 is 0. The van der Waals surface area contributed by atoms with Crippen molar-refractivity contribution in [2.75, 3.05) is 19.6 Å². The van der Waals surface area contributed by atoms with Crippen molar-refractivity contribution in [3.8, 4) is 6.07 Å². The zero-order chi connectivity index (χ0) is 16.8. The largest absolute Gasteiger partial charge is 0.481 e. The van der Waals surface area contributed by atoms with Crippen molar-refractivity contribution in [2.24, 2.45) is 11.8 Å². The van der Waals surface area contributed by atoms with Gasteiger partial charge in [-0.1, -0.05) is 19.1 Å². The van der Waals surface area contributed by atoms with E-state index in [0.29, 0.717) is 30.6 Å². The minimum absolute atomic E-state index is 0.0125. The summed E-state index contributed by atoms with van der Waals surface area (Å²) in [6.07, 6.45) is 2.46. The molecular weight excluding hydrogens is 292 g/mol. The number of hydrogen-bond acceptors (Lipinski definition) is 4. The molecule has 1 aromatic carbocycles. The number of rotatable bonds is 6. The molecule has 0 radical (unpaired) electrons. The molecule has 23 heavy (non-hydrogen) atoms. The molecule has 1 N–H and O–H groups in total. The zero-order valence-electron chi connectivity index (χ0n) is 13.4. The van der Waals surface area contributed by atoms with Crippen LogP contribution in [0.25, 0.3) is 0 Å². The molecule has 1 fully saturated rings. The molecular formula is C18H22N2O3. The molecule has 0 aromatic heterocycles. The molecule has 122 valence electrons. The second-order valence-electron chi connectivity index (χ2n) is 6.10. The monoisotopic (exact) mass is 314 g/mol. The fraction of sp³-hybridized carbons (Fsp3) is 0.500. The van der Waals surface area contributed by atoms with E-state index in [4.69, 9.17) is 5.26 Å². The van der Waals surface area contributed by atoms with Crippen LogP contribution in [0.3, 0.4) is 0 Å². The van der Waals surface area contributed by atoms with Gasteiger partial charge in [-0.15, -0.1) is 0 Å². The predicted molar refractivity (Wildman–Crippen MR) is 86.1 cm³/mol. The molecule has 1 aliphatic heterocycles. The van der Waals surface area contributed by atoms with E-state index in [-0.39, 0.29) is 17.6 Å². The highest BCUT2D eigenvalue weighted by Crippen LogP contribution is 2.26. The Morgan fingerprint density at radius 3 is 2.65 bits per heavy atom. The van der Waals surface area contributed by atoms with E-state index in [1.807, 2.05) is 13.0 Å². The van der Waals surface area contributed by atoms with E-state index >= 15 is 0 Å². The molecule has 1 aromatic rings. The summed E-state index contributed by atoms with van der Waals surface area (Å²) in [5.74, 6) is -0.945. The van der Waals surface area contributed by atoms with Crippen LogP contribution in [0.4, 0.5) is 0 Å². The van der Waals surface area contributed by atoms with Crippen LogP contribution in [-0.4, -0.2) is 41.4 Å². The van der Waals surface area contributed by atoms with Crippen LogP contribution in [-0.2, 0) is 4.79 Å². The first-order chi connectivity index (χ1) is 11.0. The number of likely N-dealkylation sites (tertiary alicyclic amines) is 1. The van der Waals surface area contributed by atoms with Crippen molar-refractivity contribution in [1.82, 2.24) is 4.90 Å². The maximum Gasteiger partial charge on any atom is 0.306 e. The van der Waals surface area contributed by atoms with E-state index in [1.54, 1.807) is 24.3 Å². The highest BCUT2D eigenvalue weighted by atomic mass is 16.4. The number of carbonyl (C=O) groups excluding carboxylic acids is 1. The third-order valence-corrected chi connectivity index (χ3v) is 4.57. The second-order valence-corrected chi connectivity index (χ2v) is 6.10. The van der Waals surface area contributed by atoms with Gasteiger partial charge in [-0.2, -0.15) is 5.26 Å². The number of carboxylic acid groups (broad SMARTS) is 1. The standard InChI is InChI=1S/C18H22N2O3/c1-2-16(18(22)23)15-4-3-9-20(11-15)12-17(21)14-7-5-13(10-19)6-8-14/h5-8,15-16H,2-4,9,11-12H2,1H3,(H,22,23). The Hall–Kier alpha value is -2.19. The summed E-state index contributed by atoms with van der Waals surface area (Å²) in [6, 6.07) is 8.67. The van der Waals surface area contributed by atoms with Crippen LogP contribution in [0.15, 0.2) is 24.3 Å². The van der Waals surface area contributed by atoms with Crippen LogP contribution in [0.5, 0.6) is 0 Å². The number of benzene rings is 1. The minimum Gasteiger partial charge on any atom is -0.481 e. The maximum atomic E-state index is 12.4. The summed E-state index contributed by atoms with van der Waals surface area (Å²) in [7, 11) is 0. The van der Waals surface area contributed by atoms with Gasteiger partial charge in [0.2, 0.25) is 0 Å². The average molecular weight is 314 g/mol. The van der Waals surface area contributed by atoms with Crippen LogP contribution in [0.2, 0.25) is 0 Å². The van der Waals surface area contributed by atoms with Gasteiger partial charge in [0.1, 0.15) is 0 Å². The number of nitrogens with zero attached hydrogens (tertiary/aromatic N) is 2. The Balaban J connectivity index is 1.97. The number of Topliss-reactive ketones (excluding diaryl/α,β-unsaturated/α-hetero) is 1. The first-order valence-corrected chi connectivity index (χ1v) is 8.03. The molecule has 2 rings (SSSR count). The predicted octanol–water partition coefficient (Wildman–Crippen LogP) is 2.56. The Morgan fingerprint density at radius 1 is 1.39 bits per heavy atom. The van der Waals surface area contributed by atoms with Crippen molar-refractivity contribution in [3.63, 3.8) is 0 Å². The number of hydrogen-bond donors (Lipinski definition) is 1. The molecule has 0 amide bonds. The van der Waals surface area contributed by atoms with Gasteiger partial charge >= 0.3 is 5.97 Å². The number of aliphatic carboxylic acids is 1. The normalized spacial score (nSPS) is 19.7. The fourth-order valence-electron chi connectivity index (χ4n) is 3.30. The van der Waals surface area contributed by atoms with Gasteiger partial charge in [-0.3, -0.25) is 14.5 Å². The first-order valence-electron chi connectivity index (χ1n) is 8.03. The Bertz CT molecular complexity index is 604. The van der Waals surface area contributed by atoms with Crippen molar-refractivity contribution >= 4 is 11.8 Å².